The molecule has 0 fully saturated rings. The van der Waals surface area contributed by atoms with Crippen LogP contribution in [-0.4, -0.2) is 27.9 Å². The van der Waals surface area contributed by atoms with Crippen molar-refractivity contribution in [2.75, 3.05) is 7.05 Å². The minimum absolute atomic E-state index is 0.215. The Morgan fingerprint density at radius 1 is 1.30 bits per heavy atom. The van der Waals surface area contributed by atoms with Crippen LogP contribution in [0, 0.1) is 5.82 Å². The molecule has 0 spiro atoms. The van der Waals surface area contributed by atoms with Crippen molar-refractivity contribution in [3.05, 3.63) is 40.3 Å². The van der Waals surface area contributed by atoms with Crippen LogP contribution in [0.15, 0.2) is 23.9 Å². The number of aromatic hydroxyl groups is 1. The first kappa shape index (κ1) is 15.2. The van der Waals surface area contributed by atoms with Crippen LogP contribution in [0.2, 0.25) is 5.02 Å². The smallest absolute Gasteiger partial charge is 0.432 e. The highest BCUT2D eigenvalue weighted by molar-refractivity contribution is 6.32. The molecule has 0 saturated carbocycles. The molecule has 0 bridgehead atoms. The first-order valence-corrected chi connectivity index (χ1v) is 6.00. The van der Waals surface area contributed by atoms with Crippen LogP contribution in [-0.2, 0) is 0 Å². The summed E-state index contributed by atoms with van der Waals surface area (Å²) in [6.07, 6.45) is -3.86. The van der Waals surface area contributed by atoms with Crippen molar-refractivity contribution < 1.29 is 22.7 Å². The molecule has 0 saturated heterocycles. The largest absolute Gasteiger partial charge is 0.506 e. The van der Waals surface area contributed by atoms with E-state index in [9.17, 15) is 22.7 Å². The summed E-state index contributed by atoms with van der Waals surface area (Å²) in [7, 11) is 1.10. The molecule has 0 amide bonds. The molecule has 1 aliphatic rings. The second kappa shape index (κ2) is 4.98. The summed E-state index contributed by atoms with van der Waals surface area (Å²) in [5.41, 5.74) is -1.24. The Bertz CT molecular complexity index is 576. The van der Waals surface area contributed by atoms with Gasteiger partial charge in [0.15, 0.2) is 0 Å². The van der Waals surface area contributed by atoms with E-state index in [4.69, 9.17) is 23.4 Å². The molecule has 1 heterocycles. The Hall–Kier alpha value is -1.18. The highest BCUT2D eigenvalue weighted by atomic mass is 35.5. The number of phenolic OH excluding ortho intramolecular Hbond substituents is 1. The number of hydrogen-bond acceptors (Lipinski definition) is 3. The van der Waals surface area contributed by atoms with Gasteiger partial charge in [0.1, 0.15) is 17.3 Å². The maximum Gasteiger partial charge on any atom is 0.432 e. The topological polar surface area (TPSA) is 26.7 Å². The van der Waals surface area contributed by atoms with Crippen LogP contribution < -0.4 is 0 Å². The van der Waals surface area contributed by atoms with E-state index in [1.54, 1.807) is 0 Å². The number of halogens is 6. The fraction of sp³-hybridized carbons (Fsp3) is 0.273. The van der Waals surface area contributed by atoms with Gasteiger partial charge in [-0.3, -0.25) is 5.01 Å². The number of rotatable bonds is 1. The van der Waals surface area contributed by atoms with Gasteiger partial charge >= 0.3 is 6.18 Å². The molecule has 1 unspecified atom stereocenters. The van der Waals surface area contributed by atoms with Crippen LogP contribution in [0.3, 0.4) is 0 Å². The van der Waals surface area contributed by atoms with Crippen molar-refractivity contribution in [1.29, 1.82) is 0 Å². The normalized spacial score (nSPS) is 20.4. The van der Waals surface area contributed by atoms with Crippen molar-refractivity contribution in [3.8, 4) is 5.75 Å². The molecular formula is C11H8Cl2F4N2O. The average molecular weight is 331 g/mol. The molecule has 2 rings (SSSR count). The van der Waals surface area contributed by atoms with Gasteiger partial charge in [-0.2, -0.15) is 13.2 Å². The molecule has 1 aromatic rings. The van der Waals surface area contributed by atoms with Crippen LogP contribution in [0.1, 0.15) is 11.6 Å². The Kier molecular flexibility index (Phi) is 3.79. The van der Waals surface area contributed by atoms with Gasteiger partial charge in [0.25, 0.3) is 0 Å². The Morgan fingerprint density at radius 3 is 2.40 bits per heavy atom. The quantitative estimate of drug-likeness (QED) is 0.623. The predicted octanol–water partition coefficient (Wildman–Crippen LogP) is 3.99. The lowest BCUT2D eigenvalue weighted by atomic mass is 10.1. The Labute approximate surface area is 121 Å². The average Bonchev–Trinajstić information content (AvgIpc) is 2.61. The van der Waals surface area contributed by atoms with E-state index in [-0.39, 0.29) is 10.6 Å². The van der Waals surface area contributed by atoms with E-state index >= 15 is 0 Å². The van der Waals surface area contributed by atoms with E-state index in [0.717, 1.165) is 25.3 Å². The Morgan fingerprint density at radius 2 is 1.90 bits per heavy atom. The van der Waals surface area contributed by atoms with Crippen molar-refractivity contribution in [3.63, 3.8) is 0 Å². The van der Waals surface area contributed by atoms with E-state index < -0.39 is 29.5 Å². The molecule has 0 radical (unpaired) electrons. The molecule has 1 atom stereocenters. The first-order chi connectivity index (χ1) is 9.12. The number of alkyl halides is 3. The van der Waals surface area contributed by atoms with Crippen LogP contribution >= 0.6 is 23.4 Å². The molecule has 1 aromatic carbocycles. The maximum absolute atomic E-state index is 13.8. The third kappa shape index (κ3) is 2.53. The van der Waals surface area contributed by atoms with E-state index in [1.807, 2.05) is 0 Å². The minimum atomic E-state index is -4.62. The summed E-state index contributed by atoms with van der Waals surface area (Å²) >= 11 is 11.3. The summed E-state index contributed by atoms with van der Waals surface area (Å²) in [5.74, 6) is -1.30. The SMILES string of the molecule is CN1C(C(F)(F)F)=CC(c2cc(O)c(Cl)cc2F)N1Cl. The van der Waals surface area contributed by atoms with Crippen molar-refractivity contribution in [2.45, 2.75) is 12.2 Å². The molecule has 1 N–H and O–H groups in total. The molecule has 110 valence electrons. The molecule has 3 nitrogen and oxygen atoms in total. The zero-order valence-corrected chi connectivity index (χ0v) is 11.4. The number of allylic oxidation sites excluding steroid dienone is 1. The molecular weight excluding hydrogens is 323 g/mol. The van der Waals surface area contributed by atoms with Gasteiger partial charge in [-0.25, -0.2) is 4.39 Å². The van der Waals surface area contributed by atoms with Gasteiger partial charge in [-0.1, -0.05) is 11.6 Å². The van der Waals surface area contributed by atoms with Crippen LogP contribution in [0.5, 0.6) is 5.75 Å². The third-order valence-electron chi connectivity index (χ3n) is 2.86. The van der Waals surface area contributed by atoms with E-state index in [2.05, 4.69) is 0 Å². The molecule has 20 heavy (non-hydrogen) atoms. The predicted molar refractivity (Wildman–Crippen MR) is 65.4 cm³/mol. The third-order valence-corrected chi connectivity index (χ3v) is 3.60. The lowest BCUT2D eigenvalue weighted by Crippen LogP contribution is -2.33. The van der Waals surface area contributed by atoms with E-state index in [0.29, 0.717) is 9.54 Å². The first-order valence-electron chi connectivity index (χ1n) is 5.28. The second-order valence-corrected chi connectivity index (χ2v) is 4.89. The van der Waals surface area contributed by atoms with Crippen molar-refractivity contribution >= 4 is 23.4 Å². The summed E-state index contributed by atoms with van der Waals surface area (Å²) in [6.45, 7) is 0. The van der Waals surface area contributed by atoms with Gasteiger partial charge in [-0.15, -0.1) is 4.53 Å². The standard InChI is InChI=1S/C11H8Cl2F4N2O/c1-18-10(11(15,16)17)4-8(19(18)13)5-2-9(20)6(12)3-7(5)14/h2-4,8,20H,1H3. The van der Waals surface area contributed by atoms with E-state index in [1.165, 1.54) is 0 Å². The zero-order valence-electron chi connectivity index (χ0n) is 9.92. The minimum Gasteiger partial charge on any atom is -0.506 e. The van der Waals surface area contributed by atoms with Crippen molar-refractivity contribution in [1.82, 2.24) is 9.54 Å². The summed E-state index contributed by atoms with van der Waals surface area (Å²) in [4.78, 5) is 0. The van der Waals surface area contributed by atoms with Gasteiger partial charge in [0.05, 0.1) is 11.1 Å². The van der Waals surface area contributed by atoms with Gasteiger partial charge in [0, 0.05) is 24.4 Å². The van der Waals surface area contributed by atoms with Gasteiger partial charge < -0.3 is 5.11 Å². The summed E-state index contributed by atoms with van der Waals surface area (Å²) in [5, 5.41) is 9.86. The second-order valence-electron chi connectivity index (χ2n) is 4.13. The fourth-order valence-corrected chi connectivity index (χ4v) is 2.26. The summed E-state index contributed by atoms with van der Waals surface area (Å²) in [6, 6.07) is 0.555. The highest BCUT2D eigenvalue weighted by Crippen LogP contribution is 2.43. The van der Waals surface area contributed by atoms with Gasteiger partial charge in [-0.05, 0) is 18.2 Å². The van der Waals surface area contributed by atoms with Crippen LogP contribution in [0.25, 0.3) is 0 Å². The number of nitrogens with zero attached hydrogens (tertiary/aromatic N) is 2. The number of phenols is 1. The Balaban J connectivity index is 2.49. The van der Waals surface area contributed by atoms with Crippen LogP contribution in [0.4, 0.5) is 17.6 Å². The number of benzene rings is 1. The van der Waals surface area contributed by atoms with Gasteiger partial charge in [0.2, 0.25) is 0 Å². The van der Waals surface area contributed by atoms with Crippen molar-refractivity contribution in [2.24, 2.45) is 0 Å². The molecule has 0 aromatic heterocycles. The molecule has 0 aliphatic carbocycles. The molecule has 9 heteroatoms. The highest BCUT2D eigenvalue weighted by Gasteiger charge is 2.45. The lowest BCUT2D eigenvalue weighted by Gasteiger charge is -2.26. The lowest BCUT2D eigenvalue weighted by molar-refractivity contribution is -0.118. The monoisotopic (exact) mass is 330 g/mol. The molecule has 1 aliphatic heterocycles. The number of hydrazine groups is 1. The zero-order chi connectivity index (χ0) is 15.2. The fourth-order valence-electron chi connectivity index (χ4n) is 1.87. The summed E-state index contributed by atoms with van der Waals surface area (Å²) < 4.78 is 52.8. The maximum atomic E-state index is 13.8. The number of hydrogen-bond donors (Lipinski definition) is 1.